The van der Waals surface area contributed by atoms with Crippen LogP contribution in [0.1, 0.15) is 57.2 Å². The zero-order valence-electron chi connectivity index (χ0n) is 17.8. The number of benzene rings is 1. The van der Waals surface area contributed by atoms with Gasteiger partial charge in [0.2, 0.25) is 0 Å². The largest absolute Gasteiger partial charge is 0.355 e. The van der Waals surface area contributed by atoms with E-state index < -0.39 is 0 Å². The molecule has 1 aromatic carbocycles. The van der Waals surface area contributed by atoms with Crippen LogP contribution in [-0.2, 0) is 6.54 Å². The molecule has 0 spiro atoms. The molecule has 0 aliphatic carbocycles. The van der Waals surface area contributed by atoms with Gasteiger partial charge >= 0.3 is 5.69 Å². The molecule has 0 amide bonds. The van der Waals surface area contributed by atoms with Crippen LogP contribution in [-0.4, -0.2) is 14.5 Å². The van der Waals surface area contributed by atoms with Crippen LogP contribution in [0.4, 0.5) is 0 Å². The van der Waals surface area contributed by atoms with Crippen LogP contribution in [0.2, 0.25) is 5.02 Å². The number of aromatic nitrogens is 3. The number of aromatic amines is 1. The van der Waals surface area contributed by atoms with Gasteiger partial charge in [0.25, 0.3) is 0 Å². The highest BCUT2D eigenvalue weighted by atomic mass is 35.5. The molecule has 1 unspecified atom stereocenters. The first-order valence-corrected chi connectivity index (χ1v) is 10.7. The highest BCUT2D eigenvalue weighted by Crippen LogP contribution is 2.18. The van der Waals surface area contributed by atoms with Crippen molar-refractivity contribution in [2.75, 3.05) is 0 Å². The molecule has 1 N–H and O–H groups in total. The normalized spacial score (nSPS) is 13.5. The van der Waals surface area contributed by atoms with Crippen molar-refractivity contribution >= 4 is 35.2 Å². The summed E-state index contributed by atoms with van der Waals surface area (Å²) in [5.41, 5.74) is 3.10. The maximum absolute atomic E-state index is 12.3. The van der Waals surface area contributed by atoms with Crippen molar-refractivity contribution in [3.05, 3.63) is 61.7 Å². The minimum atomic E-state index is -0.142. The van der Waals surface area contributed by atoms with Crippen LogP contribution >= 0.6 is 11.6 Å². The lowest BCUT2D eigenvalue weighted by atomic mass is 10.0. The number of halogens is 1. The average molecular weight is 412 g/mol. The summed E-state index contributed by atoms with van der Waals surface area (Å²) in [6, 6.07) is 5.84. The van der Waals surface area contributed by atoms with Gasteiger partial charge in [-0.05, 0) is 67.0 Å². The summed E-state index contributed by atoms with van der Waals surface area (Å²) in [7, 11) is 0. The smallest absolute Gasteiger partial charge is 0.347 e. The fraction of sp³-hybridized carbons (Fsp3) is 0.417. The van der Waals surface area contributed by atoms with Crippen molar-refractivity contribution < 1.29 is 0 Å². The number of fused-ring (bicyclic) bond motifs is 1. The van der Waals surface area contributed by atoms with Gasteiger partial charge in [-0.25, -0.2) is 9.78 Å². The lowest BCUT2D eigenvalue weighted by Crippen LogP contribution is -2.27. The zero-order chi connectivity index (χ0) is 21.1. The van der Waals surface area contributed by atoms with E-state index in [1.807, 2.05) is 29.7 Å². The third-order valence-electron chi connectivity index (χ3n) is 5.55. The van der Waals surface area contributed by atoms with Crippen molar-refractivity contribution in [3.8, 4) is 0 Å². The first kappa shape index (κ1) is 21.4. The third-order valence-corrected chi connectivity index (χ3v) is 5.78. The number of aryl methyl sites for hydroxylation is 1. The predicted octanol–water partition coefficient (Wildman–Crippen LogP) is 4.51. The fourth-order valence-electron chi connectivity index (χ4n) is 4.04. The van der Waals surface area contributed by atoms with Gasteiger partial charge in [-0.2, -0.15) is 0 Å². The SMILES string of the molecule is C=c1c(=CCC(C)CCCn2c(C(C)C)c(C)cnc2=O)[nH]c2ccc(Cl)cc12. The molecule has 3 rings (SSSR count). The molecule has 0 bridgehead atoms. The van der Waals surface area contributed by atoms with E-state index in [2.05, 4.69) is 43.4 Å². The number of nitrogens with zero attached hydrogens (tertiary/aromatic N) is 2. The summed E-state index contributed by atoms with van der Waals surface area (Å²) in [6.45, 7) is 13.5. The van der Waals surface area contributed by atoms with Gasteiger partial charge in [0.15, 0.2) is 0 Å². The van der Waals surface area contributed by atoms with Crippen LogP contribution in [0.25, 0.3) is 23.6 Å². The van der Waals surface area contributed by atoms with Gasteiger partial charge in [-0.15, -0.1) is 0 Å². The van der Waals surface area contributed by atoms with E-state index in [1.54, 1.807) is 6.20 Å². The molecule has 3 aromatic rings. The van der Waals surface area contributed by atoms with E-state index in [0.717, 1.165) is 63.6 Å². The second kappa shape index (κ2) is 9.00. The first-order chi connectivity index (χ1) is 13.8. The number of nitrogens with one attached hydrogen (secondary N) is 1. The molecule has 0 saturated carbocycles. The van der Waals surface area contributed by atoms with Crippen LogP contribution in [0.5, 0.6) is 0 Å². The second-order valence-corrected chi connectivity index (χ2v) is 8.75. The number of H-pyrrole nitrogens is 1. The summed E-state index contributed by atoms with van der Waals surface area (Å²) >= 11 is 6.11. The Balaban J connectivity index is 1.66. The fourth-order valence-corrected chi connectivity index (χ4v) is 4.21. The predicted molar refractivity (Wildman–Crippen MR) is 123 cm³/mol. The molecule has 154 valence electrons. The number of hydrogen-bond donors (Lipinski definition) is 1. The van der Waals surface area contributed by atoms with Crippen molar-refractivity contribution in [3.63, 3.8) is 0 Å². The van der Waals surface area contributed by atoms with Crippen molar-refractivity contribution in [2.24, 2.45) is 5.92 Å². The Hall–Kier alpha value is -2.33. The quantitative estimate of drug-likeness (QED) is 0.622. The van der Waals surface area contributed by atoms with E-state index >= 15 is 0 Å². The summed E-state index contributed by atoms with van der Waals surface area (Å²) < 4.78 is 1.85. The summed E-state index contributed by atoms with van der Waals surface area (Å²) in [5, 5.41) is 3.86. The van der Waals surface area contributed by atoms with Gasteiger partial charge < -0.3 is 4.98 Å². The second-order valence-electron chi connectivity index (χ2n) is 8.31. The Morgan fingerprint density at radius 1 is 1.31 bits per heavy atom. The van der Waals surface area contributed by atoms with Gasteiger partial charge in [0.1, 0.15) is 0 Å². The Morgan fingerprint density at radius 3 is 2.79 bits per heavy atom. The lowest BCUT2D eigenvalue weighted by Gasteiger charge is -2.18. The van der Waals surface area contributed by atoms with E-state index in [4.69, 9.17) is 11.6 Å². The highest BCUT2D eigenvalue weighted by molar-refractivity contribution is 6.31. The zero-order valence-corrected chi connectivity index (χ0v) is 18.5. The molecule has 1 atom stereocenters. The summed E-state index contributed by atoms with van der Waals surface area (Å²) in [4.78, 5) is 19.7. The molecule has 4 nitrogen and oxygen atoms in total. The van der Waals surface area contributed by atoms with Gasteiger partial charge in [0.05, 0.1) is 0 Å². The minimum Gasteiger partial charge on any atom is -0.355 e. The van der Waals surface area contributed by atoms with Gasteiger partial charge in [0, 0.05) is 39.7 Å². The number of rotatable bonds is 7. The Bertz CT molecular complexity index is 1170. The van der Waals surface area contributed by atoms with Crippen LogP contribution in [0, 0.1) is 12.8 Å². The lowest BCUT2D eigenvalue weighted by molar-refractivity contribution is 0.470. The summed E-state index contributed by atoms with van der Waals surface area (Å²) in [5.74, 6) is 0.822. The van der Waals surface area contributed by atoms with Gasteiger partial charge in [-0.3, -0.25) is 4.57 Å². The molecule has 0 fully saturated rings. The maximum Gasteiger partial charge on any atom is 0.347 e. The first-order valence-electron chi connectivity index (χ1n) is 10.3. The standard InChI is InChI=1S/C24H30ClN3O/c1-15(2)23-17(4)14-26-24(29)28(23)12-6-7-16(3)8-10-21-18(5)20-13-19(25)9-11-22(20)27-21/h9-11,13-16,27H,5-8,12H2,1-4H3. The van der Waals surface area contributed by atoms with Crippen molar-refractivity contribution in [2.45, 2.75) is 59.4 Å². The Labute approximate surface area is 176 Å². The molecule has 5 heteroatoms. The Morgan fingerprint density at radius 2 is 2.07 bits per heavy atom. The molecule has 2 heterocycles. The van der Waals surface area contributed by atoms with Crippen LogP contribution in [0.3, 0.4) is 0 Å². The van der Waals surface area contributed by atoms with E-state index in [9.17, 15) is 4.79 Å². The molecule has 0 saturated heterocycles. The monoisotopic (exact) mass is 411 g/mol. The molecular formula is C24H30ClN3O. The molecule has 0 aliphatic rings. The highest BCUT2D eigenvalue weighted by Gasteiger charge is 2.12. The van der Waals surface area contributed by atoms with Crippen molar-refractivity contribution in [1.29, 1.82) is 0 Å². The van der Waals surface area contributed by atoms with Crippen molar-refractivity contribution in [1.82, 2.24) is 14.5 Å². The Kier molecular flexibility index (Phi) is 6.63. The number of hydrogen-bond acceptors (Lipinski definition) is 2. The van der Waals surface area contributed by atoms with Gasteiger partial charge in [-0.1, -0.05) is 45.0 Å². The molecule has 29 heavy (non-hydrogen) atoms. The third kappa shape index (κ3) is 4.81. The minimum absolute atomic E-state index is 0.142. The van der Waals surface area contributed by atoms with E-state index in [1.165, 1.54) is 0 Å². The maximum atomic E-state index is 12.3. The molecule has 0 aliphatic heterocycles. The van der Waals surface area contributed by atoms with Crippen LogP contribution in [0.15, 0.2) is 29.2 Å². The van der Waals surface area contributed by atoms with E-state index in [-0.39, 0.29) is 5.69 Å². The molecular weight excluding hydrogens is 382 g/mol. The van der Waals surface area contributed by atoms with Crippen LogP contribution < -0.4 is 16.3 Å². The summed E-state index contributed by atoms with van der Waals surface area (Å²) in [6.07, 6.45) is 6.88. The molecule has 2 aromatic heterocycles. The molecule has 0 radical (unpaired) electrons. The van der Waals surface area contributed by atoms with E-state index in [0.29, 0.717) is 11.8 Å². The topological polar surface area (TPSA) is 50.7 Å². The average Bonchev–Trinajstić information content (AvgIpc) is 2.98.